The van der Waals surface area contributed by atoms with Crippen LogP contribution in [0, 0.1) is 0 Å². The number of alkyl halides is 3. The average molecular weight is 367 g/mol. The van der Waals surface area contributed by atoms with Gasteiger partial charge >= 0.3 is 6.36 Å². The molecular weight excluding hydrogens is 347 g/mol. The van der Waals surface area contributed by atoms with Crippen molar-refractivity contribution in [3.8, 4) is 5.75 Å². The molecule has 0 heterocycles. The first-order valence-corrected chi connectivity index (χ1v) is 8.05. The maximum absolute atomic E-state index is 12.1. The topological polar surface area (TPSA) is 58.6 Å². The molecule has 140 valence electrons. The molecule has 0 radical (unpaired) electrons. The van der Waals surface area contributed by atoms with Crippen LogP contribution in [0.2, 0.25) is 0 Å². The molecule has 1 amide bonds. The summed E-state index contributed by atoms with van der Waals surface area (Å²) < 4.78 is 40.1. The molecule has 2 aromatic carbocycles. The van der Waals surface area contributed by atoms with E-state index in [0.29, 0.717) is 12.8 Å². The Hall–Kier alpha value is -2.54. The summed E-state index contributed by atoms with van der Waals surface area (Å²) in [6.07, 6.45) is -3.66. The second kappa shape index (κ2) is 8.23. The first kappa shape index (κ1) is 19.8. The van der Waals surface area contributed by atoms with Gasteiger partial charge in [0.05, 0.1) is 5.60 Å². The third-order valence-corrected chi connectivity index (χ3v) is 3.77. The van der Waals surface area contributed by atoms with E-state index in [2.05, 4.69) is 10.1 Å². The number of amides is 1. The largest absolute Gasteiger partial charge is 0.573 e. The van der Waals surface area contributed by atoms with Gasteiger partial charge in [-0.2, -0.15) is 0 Å². The van der Waals surface area contributed by atoms with Crippen LogP contribution in [0.5, 0.6) is 5.75 Å². The number of ether oxygens (including phenoxy) is 1. The molecular formula is C19H20F3NO3. The van der Waals surface area contributed by atoms with Crippen molar-refractivity contribution >= 4 is 5.91 Å². The van der Waals surface area contributed by atoms with Crippen LogP contribution in [0.15, 0.2) is 54.6 Å². The Labute approximate surface area is 149 Å². The summed E-state index contributed by atoms with van der Waals surface area (Å²) >= 11 is 0. The van der Waals surface area contributed by atoms with Crippen LogP contribution >= 0.6 is 0 Å². The van der Waals surface area contributed by atoms with Gasteiger partial charge in [0.2, 0.25) is 0 Å². The summed E-state index contributed by atoms with van der Waals surface area (Å²) in [6, 6.07) is 14.2. The molecule has 1 unspecified atom stereocenters. The summed E-state index contributed by atoms with van der Waals surface area (Å²) in [5, 5.41) is 13.0. The molecule has 7 heteroatoms. The quantitative estimate of drug-likeness (QED) is 0.785. The van der Waals surface area contributed by atoms with Crippen LogP contribution in [0.1, 0.15) is 29.3 Å². The molecule has 0 aliphatic heterocycles. The van der Waals surface area contributed by atoms with Crippen molar-refractivity contribution in [3.05, 3.63) is 65.7 Å². The first-order valence-electron chi connectivity index (χ1n) is 8.05. The number of hydrogen-bond acceptors (Lipinski definition) is 3. The molecule has 0 bridgehead atoms. The SMILES string of the molecule is CC(O)(CCc1ccccc1)CNC(=O)c1ccc(OC(F)(F)F)cc1. The number of aliphatic hydroxyl groups is 1. The lowest BCUT2D eigenvalue weighted by atomic mass is 9.96. The second-order valence-corrected chi connectivity index (χ2v) is 6.24. The van der Waals surface area contributed by atoms with Crippen molar-refractivity contribution in [3.63, 3.8) is 0 Å². The van der Waals surface area contributed by atoms with E-state index < -0.39 is 23.6 Å². The van der Waals surface area contributed by atoms with Crippen LogP contribution in [0.25, 0.3) is 0 Å². The highest BCUT2D eigenvalue weighted by atomic mass is 19.4. The van der Waals surface area contributed by atoms with Gasteiger partial charge in [-0.3, -0.25) is 4.79 Å². The summed E-state index contributed by atoms with van der Waals surface area (Å²) in [6.45, 7) is 1.65. The van der Waals surface area contributed by atoms with Gasteiger partial charge in [0.25, 0.3) is 5.91 Å². The Kier molecular flexibility index (Phi) is 6.26. The predicted molar refractivity (Wildman–Crippen MR) is 90.8 cm³/mol. The molecule has 0 saturated heterocycles. The van der Waals surface area contributed by atoms with E-state index >= 15 is 0 Å². The van der Waals surface area contributed by atoms with E-state index in [1.165, 1.54) is 12.1 Å². The van der Waals surface area contributed by atoms with Crippen LogP contribution in [0.4, 0.5) is 13.2 Å². The summed E-state index contributed by atoms with van der Waals surface area (Å²) in [5.74, 6) is -0.882. The number of rotatable bonds is 7. The number of halogens is 3. The van der Waals surface area contributed by atoms with E-state index in [1.54, 1.807) is 6.92 Å². The van der Waals surface area contributed by atoms with Gasteiger partial charge < -0.3 is 15.2 Å². The molecule has 0 spiro atoms. The highest BCUT2D eigenvalue weighted by molar-refractivity contribution is 5.94. The van der Waals surface area contributed by atoms with E-state index in [9.17, 15) is 23.1 Å². The van der Waals surface area contributed by atoms with Crippen molar-refractivity contribution < 1.29 is 27.8 Å². The standard InChI is InChI=1S/C19H20F3NO3/c1-18(25,12-11-14-5-3-2-4-6-14)13-23-17(24)15-7-9-16(10-8-15)26-19(20,21)22/h2-10,25H,11-13H2,1H3,(H,23,24). The monoisotopic (exact) mass is 367 g/mol. The van der Waals surface area contributed by atoms with Crippen molar-refractivity contribution in [2.24, 2.45) is 0 Å². The zero-order valence-electron chi connectivity index (χ0n) is 14.2. The van der Waals surface area contributed by atoms with Gasteiger partial charge in [-0.1, -0.05) is 30.3 Å². The Bertz CT molecular complexity index is 713. The number of benzene rings is 2. The fourth-order valence-electron chi connectivity index (χ4n) is 2.33. The smallest absolute Gasteiger partial charge is 0.406 e. The molecule has 4 nitrogen and oxygen atoms in total. The molecule has 0 saturated carbocycles. The minimum absolute atomic E-state index is 0.0273. The van der Waals surface area contributed by atoms with Crippen LogP contribution < -0.4 is 10.1 Å². The van der Waals surface area contributed by atoms with Gasteiger partial charge in [0, 0.05) is 12.1 Å². The molecule has 2 aromatic rings. The zero-order chi connectivity index (χ0) is 19.2. The third kappa shape index (κ3) is 6.76. The van der Waals surface area contributed by atoms with Gasteiger partial charge in [-0.05, 0) is 49.6 Å². The van der Waals surface area contributed by atoms with Crippen LogP contribution in [-0.2, 0) is 6.42 Å². The fraction of sp³-hybridized carbons (Fsp3) is 0.316. The highest BCUT2D eigenvalue weighted by Crippen LogP contribution is 2.22. The summed E-state index contributed by atoms with van der Waals surface area (Å²) in [7, 11) is 0. The van der Waals surface area contributed by atoms with Crippen LogP contribution in [0.3, 0.4) is 0 Å². The molecule has 26 heavy (non-hydrogen) atoms. The average Bonchev–Trinajstić information content (AvgIpc) is 2.58. The van der Waals surface area contributed by atoms with Gasteiger partial charge in [-0.25, -0.2) is 0 Å². The maximum atomic E-state index is 12.1. The predicted octanol–water partition coefficient (Wildman–Crippen LogP) is 3.70. The third-order valence-electron chi connectivity index (χ3n) is 3.77. The molecule has 1 atom stereocenters. The Balaban J connectivity index is 1.84. The molecule has 0 aromatic heterocycles. The van der Waals surface area contributed by atoms with Gasteiger partial charge in [0.15, 0.2) is 0 Å². The van der Waals surface area contributed by atoms with Crippen molar-refractivity contribution in [2.75, 3.05) is 6.54 Å². The number of aryl methyl sites for hydroxylation is 1. The second-order valence-electron chi connectivity index (χ2n) is 6.24. The van der Waals surface area contributed by atoms with Gasteiger partial charge in [-0.15, -0.1) is 13.2 Å². The van der Waals surface area contributed by atoms with Crippen molar-refractivity contribution in [1.82, 2.24) is 5.32 Å². The molecule has 2 N–H and O–H groups in total. The maximum Gasteiger partial charge on any atom is 0.573 e. The lowest BCUT2D eigenvalue weighted by Gasteiger charge is -2.23. The first-order chi connectivity index (χ1) is 12.1. The minimum Gasteiger partial charge on any atom is -0.406 e. The molecule has 0 aliphatic carbocycles. The summed E-state index contributed by atoms with van der Waals surface area (Å²) in [5.41, 5.74) is 0.155. The Morgan fingerprint density at radius 2 is 1.69 bits per heavy atom. The minimum atomic E-state index is -4.78. The van der Waals surface area contributed by atoms with Crippen molar-refractivity contribution in [2.45, 2.75) is 31.7 Å². The molecule has 0 fully saturated rings. The number of carbonyl (C=O) groups excluding carboxylic acids is 1. The number of carbonyl (C=O) groups is 1. The van der Waals surface area contributed by atoms with Crippen molar-refractivity contribution in [1.29, 1.82) is 0 Å². The lowest BCUT2D eigenvalue weighted by Crippen LogP contribution is -2.41. The number of hydrogen-bond donors (Lipinski definition) is 2. The number of nitrogens with one attached hydrogen (secondary N) is 1. The van der Waals surface area contributed by atoms with E-state index in [0.717, 1.165) is 17.7 Å². The van der Waals surface area contributed by atoms with E-state index in [1.807, 2.05) is 30.3 Å². The Morgan fingerprint density at radius 1 is 1.08 bits per heavy atom. The normalized spacial score (nSPS) is 13.7. The molecule has 0 aliphatic rings. The van der Waals surface area contributed by atoms with E-state index in [-0.39, 0.29) is 12.1 Å². The summed E-state index contributed by atoms with van der Waals surface area (Å²) in [4.78, 5) is 12.1. The van der Waals surface area contributed by atoms with E-state index in [4.69, 9.17) is 0 Å². The lowest BCUT2D eigenvalue weighted by molar-refractivity contribution is -0.274. The zero-order valence-corrected chi connectivity index (χ0v) is 14.2. The van der Waals surface area contributed by atoms with Gasteiger partial charge in [0.1, 0.15) is 5.75 Å². The fourth-order valence-corrected chi connectivity index (χ4v) is 2.33. The Morgan fingerprint density at radius 3 is 2.27 bits per heavy atom. The van der Waals surface area contributed by atoms with Crippen LogP contribution in [-0.4, -0.2) is 29.5 Å². The highest BCUT2D eigenvalue weighted by Gasteiger charge is 2.31. The molecule has 2 rings (SSSR count).